The van der Waals surface area contributed by atoms with Crippen molar-refractivity contribution in [3.05, 3.63) is 127 Å². The van der Waals surface area contributed by atoms with Crippen LogP contribution in [0.15, 0.2) is 82.6 Å². The molecule has 0 aromatic heterocycles. The highest BCUT2D eigenvalue weighted by atomic mass is 35.5. The van der Waals surface area contributed by atoms with Gasteiger partial charge in [-0.05, 0) is 160 Å². The summed E-state index contributed by atoms with van der Waals surface area (Å²) in [6.07, 6.45) is 2.77. The number of benzene rings is 4. The van der Waals surface area contributed by atoms with Crippen LogP contribution in [0.2, 0.25) is 10.0 Å². The minimum Gasteiger partial charge on any atom is -0.378 e. The van der Waals surface area contributed by atoms with Crippen LogP contribution < -0.4 is 30.7 Å². The normalized spacial score (nSPS) is 20.3. The fourth-order valence-corrected chi connectivity index (χ4v) is 14.4. The van der Waals surface area contributed by atoms with Crippen LogP contribution in [0, 0.1) is 13.8 Å². The fraction of sp³-hybridized carbons (Fsp3) is 0.536. The number of nitrogens with one attached hydrogen (secondary N) is 6. The van der Waals surface area contributed by atoms with Crippen molar-refractivity contribution < 1.29 is 35.9 Å². The van der Waals surface area contributed by atoms with E-state index in [1.165, 1.54) is 11.1 Å². The number of carbonyl (C=O) groups excluding carboxylic acids is 2. The molecule has 4 aromatic rings. The summed E-state index contributed by atoms with van der Waals surface area (Å²) < 4.78 is 71.8. The molecule has 0 saturated carbocycles. The van der Waals surface area contributed by atoms with Gasteiger partial charge >= 0.3 is 12.1 Å². The van der Waals surface area contributed by atoms with Crippen LogP contribution in [0.3, 0.4) is 0 Å². The van der Waals surface area contributed by atoms with E-state index in [1.54, 1.807) is 24.3 Å². The third-order valence-electron chi connectivity index (χ3n) is 15.2. The number of fused-ring (bicyclic) bond motifs is 2. The van der Waals surface area contributed by atoms with Crippen LogP contribution in [0.1, 0.15) is 82.0 Å². The molecule has 426 valence electrons. The molecule has 0 aliphatic carbocycles. The quantitative estimate of drug-likeness (QED) is 0.0450. The molecular weight excluding hydrogens is 1080 g/mol. The van der Waals surface area contributed by atoms with Crippen molar-refractivity contribution in [3.8, 4) is 0 Å². The molecule has 2 unspecified atom stereocenters. The molecule has 0 spiro atoms. The third-order valence-corrected chi connectivity index (χ3v) is 18.7. The number of carbonyl (C=O) groups is 2. The summed E-state index contributed by atoms with van der Waals surface area (Å²) in [4.78, 5) is 33.9. The summed E-state index contributed by atoms with van der Waals surface area (Å²) in [7, 11) is -3.33. The smallest absolute Gasteiger partial charge is 0.314 e. The number of likely N-dealkylation sites (N-methyl/N-ethyl adjacent to an activating group) is 2. The number of rotatable bonds is 25. The number of hydrogen-bond donors (Lipinski definition) is 6. The molecular formula is C56H78Cl2N10O8S2. The van der Waals surface area contributed by atoms with Crippen molar-refractivity contribution in [1.29, 1.82) is 0 Å². The molecule has 4 aromatic carbocycles. The number of likely N-dealkylation sites (tertiary alicyclic amines) is 2. The van der Waals surface area contributed by atoms with E-state index in [0.717, 1.165) is 72.6 Å². The van der Waals surface area contributed by atoms with E-state index in [2.05, 4.69) is 78.3 Å². The fourth-order valence-electron chi connectivity index (χ4n) is 11.2. The number of halogens is 2. The van der Waals surface area contributed by atoms with Crippen molar-refractivity contribution >= 4 is 55.3 Å². The second-order valence-corrected chi connectivity index (χ2v) is 25.6. The molecule has 2 saturated heterocycles. The van der Waals surface area contributed by atoms with Crippen LogP contribution in [-0.4, -0.2) is 180 Å². The lowest BCUT2D eigenvalue weighted by atomic mass is 9.83. The van der Waals surface area contributed by atoms with E-state index in [-0.39, 0.29) is 45.8 Å². The van der Waals surface area contributed by atoms with Crippen molar-refractivity contribution in [2.75, 3.05) is 119 Å². The maximum Gasteiger partial charge on any atom is 0.314 e. The van der Waals surface area contributed by atoms with E-state index >= 15 is 0 Å². The number of unbranched alkanes of at least 4 members (excludes halogenated alkanes) is 1. The second-order valence-electron chi connectivity index (χ2n) is 21.3. The molecule has 2 fully saturated rings. The molecule has 6 N–H and O–H groups in total. The average molecular weight is 1150 g/mol. The molecule has 18 nitrogen and oxygen atoms in total. The molecule has 4 atom stereocenters. The third kappa shape index (κ3) is 16.6. The van der Waals surface area contributed by atoms with Crippen LogP contribution >= 0.6 is 23.2 Å². The molecule has 8 rings (SSSR count). The number of amides is 4. The van der Waals surface area contributed by atoms with E-state index < -0.39 is 20.0 Å². The zero-order chi connectivity index (χ0) is 55.4. The maximum atomic E-state index is 13.6. The van der Waals surface area contributed by atoms with Crippen molar-refractivity contribution in [3.63, 3.8) is 0 Å². The van der Waals surface area contributed by atoms with Gasteiger partial charge in [0.2, 0.25) is 20.0 Å². The SMILES string of the molecule is Cc1cc(Cl)cc2c1CN(C)CC2c1cccc(S(=O)(=O)N[C@@H]2CCN(CCOCCNC(=O)NCCCCNC(=O)NCCOCCN3CC[C@@H](NS(=O)(=O)c4cccc(C5CN(C)Cc6c(C)cc(Cl)cc65)c4)C3)C2)c1. The summed E-state index contributed by atoms with van der Waals surface area (Å²) >= 11 is 12.9. The predicted octanol–water partition coefficient (Wildman–Crippen LogP) is 5.58. The van der Waals surface area contributed by atoms with Crippen LogP contribution in [-0.2, 0) is 42.6 Å². The number of ether oxygens (including phenoxy) is 2. The lowest BCUT2D eigenvalue weighted by Crippen LogP contribution is -2.39. The Bertz CT molecular complexity index is 2740. The number of sulfonamides is 2. The van der Waals surface area contributed by atoms with Gasteiger partial charge in [-0.3, -0.25) is 9.80 Å². The maximum absolute atomic E-state index is 13.6. The summed E-state index contributed by atoms with van der Waals surface area (Å²) in [5.41, 5.74) is 8.96. The van der Waals surface area contributed by atoms with E-state index in [1.807, 2.05) is 48.5 Å². The van der Waals surface area contributed by atoms with Crippen molar-refractivity contribution in [2.45, 2.75) is 86.3 Å². The van der Waals surface area contributed by atoms with Gasteiger partial charge in [0.1, 0.15) is 0 Å². The van der Waals surface area contributed by atoms with Crippen molar-refractivity contribution in [2.24, 2.45) is 0 Å². The predicted molar refractivity (Wildman–Crippen MR) is 306 cm³/mol. The first-order valence-corrected chi connectivity index (χ1v) is 31.0. The Labute approximate surface area is 471 Å². The van der Waals surface area contributed by atoms with Gasteiger partial charge in [-0.1, -0.05) is 47.5 Å². The largest absolute Gasteiger partial charge is 0.378 e. The Morgan fingerprint density at radius 3 is 1.40 bits per heavy atom. The van der Waals surface area contributed by atoms with Gasteiger partial charge in [0.25, 0.3) is 0 Å². The van der Waals surface area contributed by atoms with Gasteiger partial charge in [0.15, 0.2) is 0 Å². The van der Waals surface area contributed by atoms with Crippen molar-refractivity contribution in [1.82, 2.24) is 50.3 Å². The Kier molecular flexibility index (Phi) is 21.3. The number of hydrogen-bond acceptors (Lipinski definition) is 12. The highest BCUT2D eigenvalue weighted by Gasteiger charge is 2.32. The topological polar surface area (TPSA) is 206 Å². The average Bonchev–Trinajstić information content (AvgIpc) is 4.05. The minimum atomic E-state index is -3.75. The molecule has 22 heteroatoms. The van der Waals surface area contributed by atoms with Gasteiger partial charge in [-0.25, -0.2) is 35.9 Å². The molecule has 4 amide bonds. The number of aryl methyl sites for hydroxylation is 2. The van der Waals surface area contributed by atoms with Gasteiger partial charge in [-0.15, -0.1) is 0 Å². The van der Waals surface area contributed by atoms with Gasteiger partial charge in [0.05, 0.1) is 36.2 Å². The standard InChI is InChI=1S/C56H78Cl2N10O8S2/c1-39-27-43(57)31-49-51(39)35-65(3)37-53(49)41-9-7-11-47(29-41)77(71,72)63-45-13-19-67(33-45)21-25-75-23-17-61-55(69)59-15-5-6-16-60-56(70)62-18-24-76-26-22-68-20-14-46(34-68)64-78(73,74)48-12-8-10-42(30-48)54-38-66(4)36-52-40(2)28-44(58)32-50(52)54/h7-12,27-32,45-46,53-54,63-64H,5-6,13-26,33-38H2,1-4H3,(H2,59,61,69)(H2,60,62,70)/t45-,46-,53?,54?/m1/s1. The van der Waals surface area contributed by atoms with Crippen LogP contribution in [0.5, 0.6) is 0 Å². The Balaban J connectivity index is 0.610. The highest BCUT2D eigenvalue weighted by Crippen LogP contribution is 2.39. The first kappa shape index (κ1) is 59.7. The van der Waals surface area contributed by atoms with E-state index in [0.29, 0.717) is 115 Å². The van der Waals surface area contributed by atoms with Gasteiger partial charge < -0.3 is 40.5 Å². The lowest BCUT2D eigenvalue weighted by molar-refractivity contribution is 0.113. The molecule has 4 aliphatic rings. The summed E-state index contributed by atoms with van der Waals surface area (Å²) in [6.45, 7) is 14.5. The molecule has 78 heavy (non-hydrogen) atoms. The number of nitrogens with zero attached hydrogens (tertiary/aromatic N) is 4. The zero-order valence-electron chi connectivity index (χ0n) is 45.4. The van der Waals surface area contributed by atoms with Gasteiger partial charge in [0, 0.05) is 113 Å². The zero-order valence-corrected chi connectivity index (χ0v) is 48.6. The summed E-state index contributed by atoms with van der Waals surface area (Å²) in [5, 5.41) is 12.6. The van der Waals surface area contributed by atoms with E-state index in [4.69, 9.17) is 32.7 Å². The Morgan fingerprint density at radius 1 is 0.564 bits per heavy atom. The van der Waals surface area contributed by atoms with Crippen LogP contribution in [0.4, 0.5) is 9.59 Å². The van der Waals surface area contributed by atoms with Gasteiger partial charge in [-0.2, -0.15) is 0 Å². The lowest BCUT2D eigenvalue weighted by Gasteiger charge is -2.34. The molecule has 4 aliphatic heterocycles. The number of urea groups is 2. The first-order valence-electron chi connectivity index (χ1n) is 27.2. The summed E-state index contributed by atoms with van der Waals surface area (Å²) in [6, 6.07) is 21.5. The Morgan fingerprint density at radius 2 is 0.974 bits per heavy atom. The first-order chi connectivity index (χ1) is 37.4. The summed E-state index contributed by atoms with van der Waals surface area (Å²) in [5.74, 6) is 0.0186. The molecule has 0 bridgehead atoms. The monoisotopic (exact) mass is 1150 g/mol. The molecule has 4 heterocycles. The Hall–Kier alpha value is -4.42. The minimum absolute atomic E-state index is 0.00932. The molecule has 0 radical (unpaired) electrons. The van der Waals surface area contributed by atoms with Crippen LogP contribution in [0.25, 0.3) is 0 Å². The van der Waals surface area contributed by atoms with E-state index in [9.17, 15) is 26.4 Å². The highest BCUT2D eigenvalue weighted by molar-refractivity contribution is 7.89. The second kappa shape index (κ2) is 27.8.